The van der Waals surface area contributed by atoms with Crippen molar-refractivity contribution >= 4 is 27.3 Å². The Morgan fingerprint density at radius 2 is 2.19 bits per heavy atom. The van der Waals surface area contributed by atoms with E-state index in [1.807, 2.05) is 6.92 Å². The van der Waals surface area contributed by atoms with Crippen LogP contribution in [0.5, 0.6) is 5.75 Å². The Bertz CT molecular complexity index is 507. The molecule has 0 saturated carbocycles. The molecule has 0 amide bonds. The fraction of sp³-hybridized carbons (Fsp3) is 0.182. The molecule has 16 heavy (non-hydrogen) atoms. The molecule has 0 aliphatic carbocycles. The molecule has 0 bridgehead atoms. The van der Waals surface area contributed by atoms with Crippen molar-refractivity contribution in [2.75, 3.05) is 7.11 Å². The topological polar surface area (TPSA) is 22.1 Å². The van der Waals surface area contributed by atoms with Gasteiger partial charge in [-0.15, -0.1) is 11.3 Å². The van der Waals surface area contributed by atoms with Gasteiger partial charge in [-0.25, -0.2) is 9.37 Å². The van der Waals surface area contributed by atoms with E-state index in [2.05, 4.69) is 20.9 Å². The standard InChI is InChI=1S/C11H9BrFNOS/c1-6-10(12)16-11(14-6)7-3-4-9(15-2)8(13)5-7/h3-5H,1-2H3. The predicted molar refractivity (Wildman–Crippen MR) is 66.5 cm³/mol. The quantitative estimate of drug-likeness (QED) is 0.835. The van der Waals surface area contributed by atoms with Gasteiger partial charge in [-0.3, -0.25) is 0 Å². The average molecular weight is 302 g/mol. The summed E-state index contributed by atoms with van der Waals surface area (Å²) in [6.07, 6.45) is 0. The van der Waals surface area contributed by atoms with Crippen LogP contribution in [0.4, 0.5) is 4.39 Å². The van der Waals surface area contributed by atoms with E-state index in [0.29, 0.717) is 0 Å². The highest BCUT2D eigenvalue weighted by atomic mass is 79.9. The Morgan fingerprint density at radius 1 is 1.44 bits per heavy atom. The lowest BCUT2D eigenvalue weighted by Gasteiger charge is -2.02. The summed E-state index contributed by atoms with van der Waals surface area (Å²) in [7, 11) is 1.45. The maximum atomic E-state index is 13.5. The lowest BCUT2D eigenvalue weighted by Crippen LogP contribution is -1.88. The van der Waals surface area contributed by atoms with Gasteiger partial charge in [0.1, 0.15) is 5.01 Å². The lowest BCUT2D eigenvalue weighted by atomic mass is 10.2. The van der Waals surface area contributed by atoms with Crippen LogP contribution in [-0.4, -0.2) is 12.1 Å². The van der Waals surface area contributed by atoms with Gasteiger partial charge in [0.05, 0.1) is 16.6 Å². The molecule has 1 aromatic heterocycles. The number of hydrogen-bond donors (Lipinski definition) is 0. The zero-order valence-corrected chi connectivity index (χ0v) is 11.2. The molecule has 2 nitrogen and oxygen atoms in total. The van der Waals surface area contributed by atoms with E-state index in [1.54, 1.807) is 12.1 Å². The summed E-state index contributed by atoms with van der Waals surface area (Å²) in [5.74, 6) is -0.125. The van der Waals surface area contributed by atoms with Crippen molar-refractivity contribution in [2.24, 2.45) is 0 Å². The summed E-state index contributed by atoms with van der Waals surface area (Å²) in [6.45, 7) is 1.91. The second kappa shape index (κ2) is 4.51. The monoisotopic (exact) mass is 301 g/mol. The molecule has 84 valence electrons. The first-order valence-electron chi connectivity index (χ1n) is 4.58. The minimum atomic E-state index is -0.371. The average Bonchev–Trinajstić information content (AvgIpc) is 2.59. The molecular weight excluding hydrogens is 293 g/mol. The minimum Gasteiger partial charge on any atom is -0.494 e. The van der Waals surface area contributed by atoms with Crippen LogP contribution in [0, 0.1) is 12.7 Å². The van der Waals surface area contributed by atoms with Gasteiger partial charge in [0.15, 0.2) is 11.6 Å². The Hall–Kier alpha value is -0.940. The third kappa shape index (κ3) is 2.10. The highest BCUT2D eigenvalue weighted by Crippen LogP contribution is 2.33. The number of ether oxygens (including phenoxy) is 1. The Balaban J connectivity index is 2.45. The molecule has 1 aromatic carbocycles. The first-order chi connectivity index (χ1) is 7.61. The molecule has 0 radical (unpaired) electrons. The second-order valence-corrected chi connectivity index (χ2v) is 5.54. The van der Waals surface area contributed by atoms with Gasteiger partial charge in [-0.1, -0.05) is 0 Å². The van der Waals surface area contributed by atoms with Crippen molar-refractivity contribution in [2.45, 2.75) is 6.92 Å². The summed E-state index contributed by atoms with van der Waals surface area (Å²) in [6, 6.07) is 4.84. The van der Waals surface area contributed by atoms with Gasteiger partial charge in [-0.05, 0) is 41.1 Å². The number of benzene rings is 1. The Labute approximate surface area is 105 Å². The number of nitrogens with zero attached hydrogens (tertiary/aromatic N) is 1. The van der Waals surface area contributed by atoms with Crippen LogP contribution in [0.25, 0.3) is 10.6 Å². The number of hydrogen-bond acceptors (Lipinski definition) is 3. The fourth-order valence-electron chi connectivity index (χ4n) is 1.30. The summed E-state index contributed by atoms with van der Waals surface area (Å²) in [4.78, 5) is 4.34. The molecule has 0 unspecified atom stereocenters. The molecule has 5 heteroatoms. The van der Waals surface area contributed by atoms with Crippen molar-refractivity contribution in [3.8, 4) is 16.3 Å². The molecule has 0 spiro atoms. The van der Waals surface area contributed by atoms with Crippen molar-refractivity contribution < 1.29 is 9.13 Å². The van der Waals surface area contributed by atoms with Gasteiger partial charge >= 0.3 is 0 Å². The van der Waals surface area contributed by atoms with Gasteiger partial charge < -0.3 is 4.74 Å². The molecule has 0 N–H and O–H groups in total. The van der Waals surface area contributed by atoms with E-state index in [0.717, 1.165) is 20.1 Å². The summed E-state index contributed by atoms with van der Waals surface area (Å²) in [5.41, 5.74) is 1.67. The largest absolute Gasteiger partial charge is 0.494 e. The van der Waals surface area contributed by atoms with Gasteiger partial charge in [0.25, 0.3) is 0 Å². The number of methoxy groups -OCH3 is 1. The van der Waals surface area contributed by atoms with E-state index in [1.165, 1.54) is 24.5 Å². The van der Waals surface area contributed by atoms with Crippen LogP contribution in [0.2, 0.25) is 0 Å². The zero-order chi connectivity index (χ0) is 11.7. The fourth-order valence-corrected chi connectivity index (χ4v) is 2.64. The number of aromatic nitrogens is 1. The maximum absolute atomic E-state index is 13.5. The number of aryl methyl sites for hydroxylation is 1. The zero-order valence-electron chi connectivity index (χ0n) is 8.75. The molecule has 2 aromatic rings. The molecule has 0 aliphatic heterocycles. The number of halogens is 2. The molecule has 0 saturated heterocycles. The summed E-state index contributed by atoms with van der Waals surface area (Å²) >= 11 is 4.89. The van der Waals surface area contributed by atoms with Crippen molar-refractivity contribution in [3.63, 3.8) is 0 Å². The van der Waals surface area contributed by atoms with Crippen LogP contribution in [0.15, 0.2) is 22.0 Å². The van der Waals surface area contributed by atoms with E-state index < -0.39 is 0 Å². The van der Waals surface area contributed by atoms with Gasteiger partial charge in [-0.2, -0.15) is 0 Å². The van der Waals surface area contributed by atoms with Gasteiger partial charge in [0.2, 0.25) is 0 Å². The Morgan fingerprint density at radius 3 is 2.69 bits per heavy atom. The molecule has 2 rings (SSSR count). The van der Waals surface area contributed by atoms with E-state index in [9.17, 15) is 4.39 Å². The van der Waals surface area contributed by atoms with Crippen LogP contribution < -0.4 is 4.74 Å². The smallest absolute Gasteiger partial charge is 0.165 e. The predicted octanol–water partition coefficient (Wildman–Crippen LogP) is 4.03. The van der Waals surface area contributed by atoms with E-state index >= 15 is 0 Å². The SMILES string of the molecule is COc1ccc(-c2nc(C)c(Br)s2)cc1F. The van der Waals surface area contributed by atoms with Gasteiger partial charge in [0, 0.05) is 5.56 Å². The number of thiazole rings is 1. The van der Waals surface area contributed by atoms with Crippen LogP contribution in [-0.2, 0) is 0 Å². The maximum Gasteiger partial charge on any atom is 0.165 e. The molecule has 0 aliphatic rings. The van der Waals surface area contributed by atoms with E-state index in [-0.39, 0.29) is 11.6 Å². The van der Waals surface area contributed by atoms with Crippen LogP contribution in [0.3, 0.4) is 0 Å². The lowest BCUT2D eigenvalue weighted by molar-refractivity contribution is 0.386. The van der Waals surface area contributed by atoms with Crippen molar-refractivity contribution in [3.05, 3.63) is 33.5 Å². The third-order valence-electron chi connectivity index (χ3n) is 2.14. The molecular formula is C11H9BrFNOS. The highest BCUT2D eigenvalue weighted by molar-refractivity contribution is 9.11. The summed E-state index contributed by atoms with van der Waals surface area (Å²) in [5, 5.41) is 0.797. The summed E-state index contributed by atoms with van der Waals surface area (Å²) < 4.78 is 19.3. The molecule has 0 atom stereocenters. The van der Waals surface area contributed by atoms with Crippen LogP contribution in [0.1, 0.15) is 5.69 Å². The first kappa shape index (κ1) is 11.5. The molecule has 1 heterocycles. The normalized spacial score (nSPS) is 10.5. The van der Waals surface area contributed by atoms with E-state index in [4.69, 9.17) is 4.74 Å². The third-order valence-corrected chi connectivity index (χ3v) is 4.19. The van der Waals surface area contributed by atoms with Crippen molar-refractivity contribution in [1.82, 2.24) is 4.98 Å². The van der Waals surface area contributed by atoms with Crippen LogP contribution >= 0.6 is 27.3 Å². The Kier molecular flexibility index (Phi) is 3.25. The van der Waals surface area contributed by atoms with Crippen molar-refractivity contribution in [1.29, 1.82) is 0 Å². The second-order valence-electron chi connectivity index (χ2n) is 3.23. The molecule has 0 fully saturated rings. The number of rotatable bonds is 2. The minimum absolute atomic E-state index is 0.246. The first-order valence-corrected chi connectivity index (χ1v) is 6.19. The highest BCUT2D eigenvalue weighted by Gasteiger charge is 2.10.